The summed E-state index contributed by atoms with van der Waals surface area (Å²) in [5.41, 5.74) is 1.28. The summed E-state index contributed by atoms with van der Waals surface area (Å²) in [6, 6.07) is 0. The molecule has 2 rings (SSSR count). The van der Waals surface area contributed by atoms with E-state index in [-0.39, 0.29) is 11.5 Å². The van der Waals surface area contributed by atoms with Gasteiger partial charge in [0.05, 0.1) is 30.5 Å². The Kier molecular flexibility index (Phi) is 3.73. The second-order valence-electron chi connectivity index (χ2n) is 3.60. The molecule has 0 amide bonds. The maximum atomic E-state index is 11.1. The number of methoxy groups -OCH3 is 1. The van der Waals surface area contributed by atoms with Crippen molar-refractivity contribution in [3.8, 4) is 10.7 Å². The van der Waals surface area contributed by atoms with Crippen LogP contribution in [0.3, 0.4) is 0 Å². The second kappa shape index (κ2) is 5.28. The highest BCUT2D eigenvalue weighted by atomic mass is 32.1. The van der Waals surface area contributed by atoms with Crippen LogP contribution in [0.1, 0.15) is 22.3 Å². The van der Waals surface area contributed by atoms with Crippen LogP contribution in [0.5, 0.6) is 0 Å². The third-order valence-electron chi connectivity index (χ3n) is 2.44. The van der Waals surface area contributed by atoms with Gasteiger partial charge in [0.15, 0.2) is 0 Å². The van der Waals surface area contributed by atoms with E-state index in [2.05, 4.69) is 9.97 Å². The first-order valence-electron chi connectivity index (χ1n) is 5.39. The van der Waals surface area contributed by atoms with Crippen molar-refractivity contribution in [2.75, 3.05) is 7.11 Å². The molecule has 0 saturated carbocycles. The van der Waals surface area contributed by atoms with E-state index in [1.807, 2.05) is 11.5 Å². The third-order valence-corrected chi connectivity index (χ3v) is 3.55. The molecule has 0 spiro atoms. The molecule has 6 nitrogen and oxygen atoms in total. The van der Waals surface area contributed by atoms with Gasteiger partial charge in [-0.25, -0.2) is 14.8 Å². The van der Waals surface area contributed by atoms with Crippen LogP contribution in [0.25, 0.3) is 10.7 Å². The zero-order valence-corrected chi connectivity index (χ0v) is 10.9. The van der Waals surface area contributed by atoms with Gasteiger partial charge < -0.3 is 14.4 Å². The zero-order valence-electron chi connectivity index (χ0n) is 10.1. The normalized spacial score (nSPS) is 10.8. The Morgan fingerprint density at radius 2 is 2.39 bits per heavy atom. The smallest absolute Gasteiger partial charge is 0.347 e. The van der Waals surface area contributed by atoms with Crippen LogP contribution >= 0.6 is 11.3 Å². The van der Waals surface area contributed by atoms with Gasteiger partial charge in [-0.3, -0.25) is 0 Å². The first kappa shape index (κ1) is 12.7. The van der Waals surface area contributed by atoms with Gasteiger partial charge in [-0.2, -0.15) is 0 Å². The van der Waals surface area contributed by atoms with E-state index in [1.54, 1.807) is 12.5 Å². The van der Waals surface area contributed by atoms with Crippen molar-refractivity contribution in [1.29, 1.82) is 0 Å². The van der Waals surface area contributed by atoms with E-state index in [4.69, 9.17) is 9.84 Å². The molecule has 0 fully saturated rings. The summed E-state index contributed by atoms with van der Waals surface area (Å²) in [7, 11) is 1.51. The number of carbonyl (C=O) groups is 1. The molecule has 1 N–H and O–H groups in total. The number of aromatic carboxylic acids is 1. The molecule has 0 bridgehead atoms. The van der Waals surface area contributed by atoms with Crippen LogP contribution in [-0.4, -0.2) is 32.7 Å². The molecule has 0 aromatic carbocycles. The Morgan fingerprint density at radius 3 is 3.00 bits per heavy atom. The molecule has 0 saturated heterocycles. The minimum Gasteiger partial charge on any atom is -0.477 e. The highest BCUT2D eigenvalue weighted by molar-refractivity contribution is 7.17. The van der Waals surface area contributed by atoms with Crippen molar-refractivity contribution >= 4 is 17.3 Å². The quantitative estimate of drug-likeness (QED) is 0.894. The molecule has 7 heteroatoms. The maximum absolute atomic E-state index is 11.1. The van der Waals surface area contributed by atoms with Crippen molar-refractivity contribution < 1.29 is 14.6 Å². The number of aryl methyl sites for hydroxylation is 1. The van der Waals surface area contributed by atoms with Gasteiger partial charge in [-0.05, 0) is 6.92 Å². The summed E-state index contributed by atoms with van der Waals surface area (Å²) in [4.78, 5) is 19.7. The van der Waals surface area contributed by atoms with Crippen LogP contribution in [0.15, 0.2) is 12.5 Å². The molecule has 0 unspecified atom stereocenters. The molecule has 2 aromatic rings. The number of carboxylic acids is 1. The SMILES string of the molecule is CCn1cncc1-c1nc(COC)c(C(=O)O)s1. The van der Waals surface area contributed by atoms with Crippen LogP contribution in [0.4, 0.5) is 0 Å². The van der Waals surface area contributed by atoms with Crippen molar-refractivity contribution in [2.45, 2.75) is 20.1 Å². The van der Waals surface area contributed by atoms with Gasteiger partial charge >= 0.3 is 5.97 Å². The fraction of sp³-hybridized carbons (Fsp3) is 0.364. The summed E-state index contributed by atoms with van der Waals surface area (Å²) in [6.07, 6.45) is 3.39. The lowest BCUT2D eigenvalue weighted by molar-refractivity contribution is 0.0697. The first-order valence-corrected chi connectivity index (χ1v) is 6.21. The number of aromatic nitrogens is 3. The number of imidazole rings is 1. The Hall–Kier alpha value is -1.73. The molecule has 0 atom stereocenters. The Morgan fingerprint density at radius 1 is 1.61 bits per heavy atom. The Bertz CT molecular complexity index is 562. The summed E-state index contributed by atoms with van der Waals surface area (Å²) in [5, 5.41) is 9.77. The van der Waals surface area contributed by atoms with Crippen LogP contribution in [0.2, 0.25) is 0 Å². The maximum Gasteiger partial charge on any atom is 0.347 e. The largest absolute Gasteiger partial charge is 0.477 e. The lowest BCUT2D eigenvalue weighted by Crippen LogP contribution is -1.99. The summed E-state index contributed by atoms with van der Waals surface area (Å²) in [5.74, 6) is -0.978. The number of hydrogen-bond acceptors (Lipinski definition) is 5. The predicted octanol–water partition coefficient (Wildman–Crippen LogP) is 1.87. The summed E-state index contributed by atoms with van der Waals surface area (Å²) in [6.45, 7) is 2.95. The monoisotopic (exact) mass is 267 g/mol. The lowest BCUT2D eigenvalue weighted by atomic mass is 10.4. The van der Waals surface area contributed by atoms with Crippen LogP contribution in [0, 0.1) is 0 Å². The molecule has 18 heavy (non-hydrogen) atoms. The minimum absolute atomic E-state index is 0.193. The molecule has 2 aromatic heterocycles. The Balaban J connectivity index is 2.46. The van der Waals surface area contributed by atoms with E-state index in [9.17, 15) is 4.79 Å². The highest BCUT2D eigenvalue weighted by Gasteiger charge is 2.19. The zero-order chi connectivity index (χ0) is 13.1. The molecule has 96 valence electrons. The van der Waals surface area contributed by atoms with E-state index >= 15 is 0 Å². The average Bonchev–Trinajstić information content (AvgIpc) is 2.94. The number of carboxylic acid groups (broad SMARTS) is 1. The average molecular weight is 267 g/mol. The van der Waals surface area contributed by atoms with Gasteiger partial charge in [0.1, 0.15) is 9.88 Å². The minimum atomic E-state index is -0.978. The molecule has 2 heterocycles. The number of hydrogen-bond donors (Lipinski definition) is 1. The molecule has 0 aliphatic heterocycles. The van der Waals surface area contributed by atoms with E-state index in [0.717, 1.165) is 23.6 Å². The Labute approximate surface area is 108 Å². The first-order chi connectivity index (χ1) is 8.67. The molecule has 0 aliphatic rings. The van der Waals surface area contributed by atoms with Crippen LogP contribution < -0.4 is 0 Å². The number of rotatable bonds is 5. The van der Waals surface area contributed by atoms with Gasteiger partial charge in [0, 0.05) is 13.7 Å². The molecular formula is C11H13N3O3S. The number of thiazole rings is 1. The van der Waals surface area contributed by atoms with Gasteiger partial charge in [0.2, 0.25) is 0 Å². The van der Waals surface area contributed by atoms with E-state index in [1.165, 1.54) is 7.11 Å². The van der Waals surface area contributed by atoms with Gasteiger partial charge in [0.25, 0.3) is 0 Å². The van der Waals surface area contributed by atoms with Crippen molar-refractivity contribution in [3.05, 3.63) is 23.1 Å². The van der Waals surface area contributed by atoms with Crippen molar-refractivity contribution in [3.63, 3.8) is 0 Å². The van der Waals surface area contributed by atoms with Crippen molar-refractivity contribution in [2.24, 2.45) is 0 Å². The van der Waals surface area contributed by atoms with Gasteiger partial charge in [-0.15, -0.1) is 11.3 Å². The summed E-state index contributed by atoms with van der Waals surface area (Å²) >= 11 is 1.14. The second-order valence-corrected chi connectivity index (χ2v) is 4.60. The molecular weight excluding hydrogens is 254 g/mol. The van der Waals surface area contributed by atoms with Crippen LogP contribution in [-0.2, 0) is 17.9 Å². The molecule has 0 radical (unpaired) electrons. The van der Waals surface area contributed by atoms with Crippen molar-refractivity contribution in [1.82, 2.24) is 14.5 Å². The summed E-state index contributed by atoms with van der Waals surface area (Å²) < 4.78 is 6.88. The fourth-order valence-electron chi connectivity index (χ4n) is 1.61. The number of nitrogens with zero attached hydrogens (tertiary/aromatic N) is 3. The highest BCUT2D eigenvalue weighted by Crippen LogP contribution is 2.28. The lowest BCUT2D eigenvalue weighted by Gasteiger charge is -2.00. The van der Waals surface area contributed by atoms with E-state index < -0.39 is 5.97 Å². The topological polar surface area (TPSA) is 77.2 Å². The standard InChI is InChI=1S/C11H13N3O3S/c1-3-14-6-12-4-8(14)10-13-7(5-17-2)9(18-10)11(15)16/h4,6H,3,5H2,1-2H3,(H,15,16). The van der Waals surface area contributed by atoms with E-state index in [0.29, 0.717) is 10.7 Å². The fourth-order valence-corrected chi connectivity index (χ4v) is 2.55. The third kappa shape index (κ3) is 2.27. The molecule has 0 aliphatic carbocycles. The predicted molar refractivity (Wildman–Crippen MR) is 66.7 cm³/mol. The number of ether oxygens (including phenoxy) is 1. The van der Waals surface area contributed by atoms with Gasteiger partial charge in [-0.1, -0.05) is 0 Å².